The number of rotatable bonds is 5. The Bertz CT molecular complexity index is 1170. The van der Waals surface area contributed by atoms with Crippen molar-refractivity contribution < 1.29 is 13.6 Å². The summed E-state index contributed by atoms with van der Waals surface area (Å²) in [4.78, 5) is 13.3. The average molecular weight is 520 g/mol. The molecule has 0 aliphatic rings. The van der Waals surface area contributed by atoms with Crippen molar-refractivity contribution >= 4 is 66.7 Å². The van der Waals surface area contributed by atoms with Crippen molar-refractivity contribution in [1.29, 1.82) is 0 Å². The van der Waals surface area contributed by atoms with Crippen molar-refractivity contribution in [3.05, 3.63) is 81.1 Å². The lowest BCUT2D eigenvalue weighted by atomic mass is 10.2. The molecule has 2 heterocycles. The third kappa shape index (κ3) is 4.40. The zero-order valence-electron chi connectivity index (χ0n) is 14.2. The van der Waals surface area contributed by atoms with Gasteiger partial charge < -0.3 is 8.83 Å². The number of benzene rings is 2. The lowest BCUT2D eigenvalue weighted by molar-refractivity contribution is 0.0929. The quantitative estimate of drug-likeness (QED) is 0.242. The monoisotopic (exact) mass is 518 g/mol. The van der Waals surface area contributed by atoms with Gasteiger partial charge in [0.25, 0.3) is 0 Å². The van der Waals surface area contributed by atoms with Crippen LogP contribution in [0.1, 0.15) is 16.3 Å². The maximum atomic E-state index is 12.2. The molecular weight excluding hydrogens is 508 g/mol. The van der Waals surface area contributed by atoms with E-state index in [1.54, 1.807) is 18.2 Å². The van der Waals surface area contributed by atoms with Crippen LogP contribution in [0.25, 0.3) is 11.0 Å². The Labute approximate surface area is 181 Å². The van der Waals surface area contributed by atoms with Gasteiger partial charge in [-0.25, -0.2) is 5.43 Å². The molecule has 2 aromatic heterocycles. The molecule has 5 nitrogen and oxygen atoms in total. The highest BCUT2D eigenvalue weighted by Gasteiger charge is 2.12. The van der Waals surface area contributed by atoms with Crippen molar-refractivity contribution in [2.75, 3.05) is 0 Å². The topological polar surface area (TPSA) is 67.7 Å². The third-order valence-electron chi connectivity index (χ3n) is 3.69. The second kappa shape index (κ2) is 8.38. The number of carbonyl (C=O) groups excluding carboxylic acids is 1. The average Bonchev–Trinajstić information content (AvgIpc) is 3.25. The Morgan fingerprint density at radius 3 is 2.68 bits per heavy atom. The number of nitrogens with zero attached hydrogens (tertiary/aromatic N) is 1. The van der Waals surface area contributed by atoms with Gasteiger partial charge in [0.05, 0.1) is 10.7 Å². The minimum atomic E-state index is -0.437. The molecule has 4 aromatic rings. The molecule has 140 valence electrons. The molecule has 28 heavy (non-hydrogen) atoms. The first kappa shape index (κ1) is 19.0. The fourth-order valence-corrected chi connectivity index (χ4v) is 4.16. The second-order valence-electron chi connectivity index (χ2n) is 5.69. The van der Waals surface area contributed by atoms with E-state index in [-0.39, 0.29) is 5.76 Å². The first-order valence-corrected chi connectivity index (χ1v) is 10.5. The molecule has 0 fully saturated rings. The predicted octanol–water partition coefficient (Wildman–Crippen LogP) is 6.47. The van der Waals surface area contributed by atoms with Crippen LogP contribution in [0.5, 0.6) is 0 Å². The number of hydrogen-bond donors (Lipinski definition) is 1. The van der Waals surface area contributed by atoms with Gasteiger partial charge in [-0.3, -0.25) is 4.79 Å². The van der Waals surface area contributed by atoms with E-state index in [1.807, 2.05) is 42.5 Å². The molecule has 0 unspecified atom stereocenters. The zero-order chi connectivity index (χ0) is 19.5. The summed E-state index contributed by atoms with van der Waals surface area (Å²) in [6, 6.07) is 18.9. The van der Waals surface area contributed by atoms with E-state index in [1.165, 1.54) is 18.0 Å². The molecule has 8 heteroatoms. The largest absolute Gasteiger partial charge is 0.451 e. The minimum absolute atomic E-state index is 0.186. The summed E-state index contributed by atoms with van der Waals surface area (Å²) < 4.78 is 13.0. The summed E-state index contributed by atoms with van der Waals surface area (Å²) in [5.41, 5.74) is 3.08. The molecule has 0 aliphatic heterocycles. The van der Waals surface area contributed by atoms with E-state index in [0.717, 1.165) is 19.2 Å². The van der Waals surface area contributed by atoms with Crippen LogP contribution in [-0.4, -0.2) is 12.1 Å². The molecule has 0 saturated carbocycles. The van der Waals surface area contributed by atoms with E-state index in [2.05, 4.69) is 42.4 Å². The Balaban J connectivity index is 1.42. The van der Waals surface area contributed by atoms with Gasteiger partial charge in [-0.05, 0) is 52.3 Å². The fraction of sp³-hybridized carbons (Fsp3) is 0. The summed E-state index contributed by atoms with van der Waals surface area (Å²) in [6.45, 7) is 0. The summed E-state index contributed by atoms with van der Waals surface area (Å²) in [5, 5.41) is 5.49. The SMILES string of the molecule is O=C(N/N=C/c1cc(Br)c(Sc2ccccc2)o1)c1cc2cc(Br)ccc2o1. The van der Waals surface area contributed by atoms with Crippen molar-refractivity contribution in [2.45, 2.75) is 9.99 Å². The Morgan fingerprint density at radius 1 is 1.04 bits per heavy atom. The highest BCUT2D eigenvalue weighted by Crippen LogP contribution is 2.35. The Kier molecular flexibility index (Phi) is 5.70. The van der Waals surface area contributed by atoms with Crippen molar-refractivity contribution in [1.82, 2.24) is 5.43 Å². The van der Waals surface area contributed by atoms with E-state index >= 15 is 0 Å². The lowest BCUT2D eigenvalue weighted by Crippen LogP contribution is -2.16. The Hall–Kier alpha value is -2.29. The molecule has 0 radical (unpaired) electrons. The molecule has 0 bridgehead atoms. The van der Waals surface area contributed by atoms with E-state index in [9.17, 15) is 4.79 Å². The first-order chi connectivity index (χ1) is 13.6. The number of nitrogens with one attached hydrogen (secondary N) is 1. The van der Waals surface area contributed by atoms with Gasteiger partial charge in [0.1, 0.15) is 11.3 Å². The van der Waals surface area contributed by atoms with Crippen LogP contribution in [0.4, 0.5) is 0 Å². The minimum Gasteiger partial charge on any atom is -0.451 e. The number of amides is 1. The van der Waals surface area contributed by atoms with Gasteiger partial charge in [0, 0.05) is 20.8 Å². The van der Waals surface area contributed by atoms with E-state index in [4.69, 9.17) is 8.83 Å². The zero-order valence-corrected chi connectivity index (χ0v) is 18.2. The maximum absolute atomic E-state index is 12.2. The van der Waals surface area contributed by atoms with Crippen LogP contribution < -0.4 is 5.43 Å². The third-order valence-corrected chi connectivity index (χ3v) is 6.03. The van der Waals surface area contributed by atoms with Crippen LogP contribution in [0.3, 0.4) is 0 Å². The number of furan rings is 2. The second-order valence-corrected chi connectivity index (χ2v) is 8.51. The number of carbonyl (C=O) groups is 1. The van der Waals surface area contributed by atoms with Crippen molar-refractivity contribution in [3.63, 3.8) is 0 Å². The molecule has 0 aliphatic carbocycles. The van der Waals surface area contributed by atoms with Crippen molar-refractivity contribution in [3.8, 4) is 0 Å². The van der Waals surface area contributed by atoms with Gasteiger partial charge in [-0.2, -0.15) is 5.10 Å². The van der Waals surface area contributed by atoms with Gasteiger partial charge in [0.2, 0.25) is 0 Å². The van der Waals surface area contributed by atoms with Gasteiger partial charge in [0.15, 0.2) is 10.9 Å². The van der Waals surface area contributed by atoms with Crippen LogP contribution in [0, 0.1) is 0 Å². The normalized spacial score (nSPS) is 11.4. The summed E-state index contributed by atoms with van der Waals surface area (Å²) >= 11 is 8.36. The molecule has 2 aromatic carbocycles. The smallest absolute Gasteiger partial charge is 0.307 e. The number of halogens is 2. The fourth-order valence-electron chi connectivity index (χ4n) is 2.43. The standard InChI is InChI=1S/C20H12Br2N2O3S/c21-13-6-7-17-12(8-13)9-18(27-17)19(25)24-23-11-14-10-16(22)20(26-14)28-15-4-2-1-3-5-15/h1-11H,(H,24,25)/b23-11+. The predicted molar refractivity (Wildman–Crippen MR) is 116 cm³/mol. The van der Waals surface area contributed by atoms with E-state index in [0.29, 0.717) is 16.4 Å². The van der Waals surface area contributed by atoms with Gasteiger partial charge in [-0.1, -0.05) is 45.9 Å². The van der Waals surface area contributed by atoms with Crippen LogP contribution in [-0.2, 0) is 0 Å². The molecule has 1 N–H and O–H groups in total. The molecule has 4 rings (SSSR count). The number of hydrazone groups is 1. The summed E-state index contributed by atoms with van der Waals surface area (Å²) in [6.07, 6.45) is 1.44. The van der Waals surface area contributed by atoms with E-state index < -0.39 is 5.91 Å². The maximum Gasteiger partial charge on any atom is 0.307 e. The number of fused-ring (bicyclic) bond motifs is 1. The molecule has 0 atom stereocenters. The molecule has 1 amide bonds. The number of hydrogen-bond acceptors (Lipinski definition) is 5. The lowest BCUT2D eigenvalue weighted by Gasteiger charge is -1.97. The summed E-state index contributed by atoms with van der Waals surface area (Å²) in [7, 11) is 0. The van der Waals surface area contributed by atoms with Crippen LogP contribution in [0.2, 0.25) is 0 Å². The highest BCUT2D eigenvalue weighted by molar-refractivity contribution is 9.10. The highest BCUT2D eigenvalue weighted by atomic mass is 79.9. The van der Waals surface area contributed by atoms with Gasteiger partial charge in [-0.15, -0.1) is 0 Å². The molecule has 0 spiro atoms. The molecular formula is C20H12Br2N2O3S. The van der Waals surface area contributed by atoms with Crippen LogP contribution in [0.15, 0.2) is 93.5 Å². The molecule has 0 saturated heterocycles. The van der Waals surface area contributed by atoms with Gasteiger partial charge >= 0.3 is 5.91 Å². The first-order valence-electron chi connectivity index (χ1n) is 8.13. The van der Waals surface area contributed by atoms with Crippen LogP contribution >= 0.6 is 43.6 Å². The van der Waals surface area contributed by atoms with Crippen molar-refractivity contribution in [2.24, 2.45) is 5.10 Å². The summed E-state index contributed by atoms with van der Waals surface area (Å²) in [5.74, 6) is 0.262. The Morgan fingerprint density at radius 2 is 1.86 bits per heavy atom.